The smallest absolute Gasteiger partial charge is 0.225 e. The molecule has 1 aliphatic carbocycles. The highest BCUT2D eigenvalue weighted by Crippen LogP contribution is 2.26. The molecular formula is C18H24N2O3. The lowest BCUT2D eigenvalue weighted by Gasteiger charge is -2.26. The summed E-state index contributed by atoms with van der Waals surface area (Å²) in [5.74, 6) is 1.33. The Labute approximate surface area is 137 Å². The molecule has 5 heteroatoms. The molecule has 0 radical (unpaired) electrons. The average Bonchev–Trinajstić information content (AvgIpc) is 2.87. The fourth-order valence-electron chi connectivity index (χ4n) is 3.14. The molecule has 124 valence electrons. The highest BCUT2D eigenvalue weighted by molar-refractivity contribution is 5.89. The summed E-state index contributed by atoms with van der Waals surface area (Å²) < 4.78 is 5.14. The Morgan fingerprint density at radius 1 is 1.30 bits per heavy atom. The number of ether oxygens (including phenoxy) is 1. The Morgan fingerprint density at radius 2 is 2.04 bits per heavy atom. The van der Waals surface area contributed by atoms with Crippen LogP contribution in [-0.4, -0.2) is 36.9 Å². The van der Waals surface area contributed by atoms with Crippen LogP contribution < -0.4 is 10.1 Å². The van der Waals surface area contributed by atoms with E-state index in [1.807, 2.05) is 24.3 Å². The minimum Gasteiger partial charge on any atom is -0.497 e. The van der Waals surface area contributed by atoms with Crippen molar-refractivity contribution in [3.05, 3.63) is 29.8 Å². The van der Waals surface area contributed by atoms with Crippen molar-refractivity contribution in [1.29, 1.82) is 0 Å². The van der Waals surface area contributed by atoms with Crippen LogP contribution in [0.15, 0.2) is 24.3 Å². The normalized spacial score (nSPS) is 21.2. The minimum absolute atomic E-state index is 0.0301. The van der Waals surface area contributed by atoms with E-state index in [-0.39, 0.29) is 17.7 Å². The third-order valence-corrected chi connectivity index (χ3v) is 4.91. The van der Waals surface area contributed by atoms with Crippen molar-refractivity contribution >= 4 is 11.8 Å². The van der Waals surface area contributed by atoms with Crippen molar-refractivity contribution in [2.45, 2.75) is 32.2 Å². The summed E-state index contributed by atoms with van der Waals surface area (Å²) in [6, 6.07) is 7.68. The number of hydrogen-bond acceptors (Lipinski definition) is 3. The van der Waals surface area contributed by atoms with E-state index in [0.29, 0.717) is 25.4 Å². The largest absolute Gasteiger partial charge is 0.497 e. The van der Waals surface area contributed by atoms with Gasteiger partial charge in [-0.15, -0.1) is 0 Å². The molecular weight excluding hydrogens is 292 g/mol. The number of benzene rings is 1. The third kappa shape index (κ3) is 3.84. The zero-order valence-corrected chi connectivity index (χ0v) is 13.6. The van der Waals surface area contributed by atoms with Crippen LogP contribution in [0.4, 0.5) is 0 Å². The van der Waals surface area contributed by atoms with Gasteiger partial charge in [0.05, 0.1) is 13.0 Å². The molecule has 3 rings (SSSR count). The third-order valence-electron chi connectivity index (χ3n) is 4.91. The zero-order chi connectivity index (χ0) is 16.2. The highest BCUT2D eigenvalue weighted by atomic mass is 16.5. The van der Waals surface area contributed by atoms with Crippen LogP contribution in [0.2, 0.25) is 0 Å². The summed E-state index contributed by atoms with van der Waals surface area (Å²) in [4.78, 5) is 26.1. The lowest BCUT2D eigenvalue weighted by Crippen LogP contribution is -2.37. The Morgan fingerprint density at radius 3 is 2.65 bits per heavy atom. The van der Waals surface area contributed by atoms with Crippen molar-refractivity contribution in [3.63, 3.8) is 0 Å². The van der Waals surface area contributed by atoms with Gasteiger partial charge < -0.3 is 15.0 Å². The predicted molar refractivity (Wildman–Crippen MR) is 86.9 cm³/mol. The molecule has 2 fully saturated rings. The van der Waals surface area contributed by atoms with Gasteiger partial charge in [-0.1, -0.05) is 18.6 Å². The monoisotopic (exact) mass is 316 g/mol. The van der Waals surface area contributed by atoms with Gasteiger partial charge in [-0.2, -0.15) is 0 Å². The number of methoxy groups -OCH3 is 1. The Bertz CT molecular complexity index is 566. The van der Waals surface area contributed by atoms with Crippen molar-refractivity contribution in [2.24, 2.45) is 11.8 Å². The van der Waals surface area contributed by atoms with Gasteiger partial charge in [0.1, 0.15) is 5.75 Å². The van der Waals surface area contributed by atoms with E-state index in [0.717, 1.165) is 17.9 Å². The topological polar surface area (TPSA) is 58.6 Å². The number of carbonyl (C=O) groups excluding carboxylic acids is 2. The van der Waals surface area contributed by atoms with Crippen molar-refractivity contribution in [1.82, 2.24) is 10.2 Å². The molecule has 2 aliphatic rings. The van der Waals surface area contributed by atoms with Crippen LogP contribution in [0.1, 0.15) is 31.2 Å². The van der Waals surface area contributed by atoms with E-state index in [2.05, 4.69) is 5.32 Å². The summed E-state index contributed by atoms with van der Waals surface area (Å²) in [6.07, 6.45) is 4.03. The Balaban J connectivity index is 1.50. The molecule has 1 heterocycles. The Kier molecular flexibility index (Phi) is 4.84. The van der Waals surface area contributed by atoms with Crippen molar-refractivity contribution in [2.75, 3.05) is 20.2 Å². The van der Waals surface area contributed by atoms with Crippen LogP contribution in [0, 0.1) is 11.8 Å². The van der Waals surface area contributed by atoms with Crippen LogP contribution in [0.3, 0.4) is 0 Å². The number of nitrogens with zero attached hydrogens (tertiary/aromatic N) is 1. The first-order valence-electron chi connectivity index (χ1n) is 8.34. The fraction of sp³-hybridized carbons (Fsp3) is 0.556. The van der Waals surface area contributed by atoms with Gasteiger partial charge in [-0.3, -0.25) is 9.59 Å². The van der Waals surface area contributed by atoms with Crippen LogP contribution in [0.25, 0.3) is 0 Å². The van der Waals surface area contributed by atoms with Crippen LogP contribution in [0.5, 0.6) is 5.75 Å². The van der Waals surface area contributed by atoms with E-state index >= 15 is 0 Å². The van der Waals surface area contributed by atoms with E-state index in [4.69, 9.17) is 4.74 Å². The molecule has 5 nitrogen and oxygen atoms in total. The van der Waals surface area contributed by atoms with Crippen LogP contribution >= 0.6 is 0 Å². The molecule has 0 unspecified atom stereocenters. The number of hydrogen-bond donors (Lipinski definition) is 1. The SMILES string of the molecule is COc1ccc(CN2C[C@H](C(=O)NCC3CCC3)CC2=O)cc1. The quantitative estimate of drug-likeness (QED) is 0.873. The second-order valence-electron chi connectivity index (χ2n) is 6.57. The summed E-state index contributed by atoms with van der Waals surface area (Å²) in [6.45, 7) is 1.83. The first-order chi connectivity index (χ1) is 11.2. The molecule has 0 aromatic heterocycles. The second kappa shape index (κ2) is 7.02. The maximum Gasteiger partial charge on any atom is 0.225 e. The molecule has 1 saturated carbocycles. The van der Waals surface area contributed by atoms with E-state index in [1.54, 1.807) is 12.0 Å². The molecule has 1 saturated heterocycles. The summed E-state index contributed by atoms with van der Waals surface area (Å²) >= 11 is 0. The van der Waals surface area contributed by atoms with Gasteiger partial charge in [0.2, 0.25) is 11.8 Å². The van der Waals surface area contributed by atoms with E-state index in [9.17, 15) is 9.59 Å². The maximum atomic E-state index is 12.2. The molecule has 23 heavy (non-hydrogen) atoms. The molecule has 1 aliphatic heterocycles. The second-order valence-corrected chi connectivity index (χ2v) is 6.57. The van der Waals surface area contributed by atoms with E-state index in [1.165, 1.54) is 19.3 Å². The Hall–Kier alpha value is -2.04. The molecule has 0 spiro atoms. The van der Waals surface area contributed by atoms with E-state index < -0.39 is 0 Å². The molecule has 2 amide bonds. The van der Waals surface area contributed by atoms with Gasteiger partial charge >= 0.3 is 0 Å². The number of likely N-dealkylation sites (tertiary alicyclic amines) is 1. The van der Waals surface area contributed by atoms with Gasteiger partial charge in [-0.05, 0) is 36.5 Å². The van der Waals surface area contributed by atoms with Gasteiger partial charge in [0, 0.05) is 26.1 Å². The number of amides is 2. The predicted octanol–water partition coefficient (Wildman–Crippen LogP) is 1.96. The molecule has 1 aromatic carbocycles. The van der Waals surface area contributed by atoms with Crippen LogP contribution in [-0.2, 0) is 16.1 Å². The summed E-state index contributed by atoms with van der Waals surface area (Å²) in [5, 5.41) is 3.01. The molecule has 0 bridgehead atoms. The number of carbonyl (C=O) groups is 2. The van der Waals surface area contributed by atoms with Gasteiger partial charge in [-0.25, -0.2) is 0 Å². The lowest BCUT2D eigenvalue weighted by atomic mass is 9.85. The number of nitrogens with one attached hydrogen (secondary N) is 1. The van der Waals surface area contributed by atoms with Crippen molar-refractivity contribution < 1.29 is 14.3 Å². The van der Waals surface area contributed by atoms with Crippen molar-refractivity contribution in [3.8, 4) is 5.75 Å². The maximum absolute atomic E-state index is 12.2. The lowest BCUT2D eigenvalue weighted by molar-refractivity contribution is -0.129. The summed E-state index contributed by atoms with van der Waals surface area (Å²) in [7, 11) is 1.63. The zero-order valence-electron chi connectivity index (χ0n) is 13.6. The standard InChI is InChI=1S/C18H24N2O3/c1-23-16-7-5-14(6-8-16)11-20-12-15(9-17(20)21)18(22)19-10-13-3-2-4-13/h5-8,13,15H,2-4,9-12H2,1H3,(H,19,22)/t15-/m1/s1. The summed E-state index contributed by atoms with van der Waals surface area (Å²) in [5.41, 5.74) is 1.05. The fourth-order valence-corrected chi connectivity index (χ4v) is 3.14. The average molecular weight is 316 g/mol. The first-order valence-corrected chi connectivity index (χ1v) is 8.34. The van der Waals surface area contributed by atoms with Gasteiger partial charge in [0.25, 0.3) is 0 Å². The molecule has 1 aromatic rings. The molecule has 1 N–H and O–H groups in total. The molecule has 1 atom stereocenters. The number of rotatable bonds is 6. The van der Waals surface area contributed by atoms with Gasteiger partial charge in [0.15, 0.2) is 0 Å². The first kappa shape index (κ1) is 15.8. The minimum atomic E-state index is -0.208. The highest BCUT2D eigenvalue weighted by Gasteiger charge is 2.34.